The van der Waals surface area contributed by atoms with Gasteiger partial charge in [-0.05, 0) is 34.9 Å². The van der Waals surface area contributed by atoms with Gasteiger partial charge in [-0.25, -0.2) is 4.39 Å². The zero-order valence-electron chi connectivity index (χ0n) is 12.6. The van der Waals surface area contributed by atoms with E-state index in [1.54, 1.807) is 29.2 Å². The zero-order valence-corrected chi connectivity index (χ0v) is 12.6. The minimum absolute atomic E-state index is 0.153. The molecule has 0 aliphatic carbocycles. The molecule has 0 aliphatic heterocycles. The van der Waals surface area contributed by atoms with Gasteiger partial charge in [0.05, 0.1) is 12.6 Å². The largest absolute Gasteiger partial charge is 0.387 e. The summed E-state index contributed by atoms with van der Waals surface area (Å²) in [5.41, 5.74) is 8.40. The summed E-state index contributed by atoms with van der Waals surface area (Å²) in [6, 6.07) is 14.3. The molecule has 5 heteroatoms. The number of aliphatic hydroxyl groups is 1. The van der Waals surface area contributed by atoms with E-state index in [-0.39, 0.29) is 12.4 Å². The lowest BCUT2D eigenvalue weighted by atomic mass is 9.99. The van der Waals surface area contributed by atoms with Crippen LogP contribution in [0, 0.1) is 5.82 Å². The van der Waals surface area contributed by atoms with Gasteiger partial charge < -0.3 is 10.8 Å². The predicted octanol–water partition coefficient (Wildman–Crippen LogP) is 2.73. The van der Waals surface area contributed by atoms with E-state index >= 15 is 0 Å². The van der Waals surface area contributed by atoms with Gasteiger partial charge in [0.1, 0.15) is 5.82 Å². The van der Waals surface area contributed by atoms with E-state index in [4.69, 9.17) is 5.73 Å². The van der Waals surface area contributed by atoms with Gasteiger partial charge in [-0.3, -0.25) is 4.68 Å². The number of benzene rings is 2. The van der Waals surface area contributed by atoms with Gasteiger partial charge in [0.2, 0.25) is 0 Å². The molecule has 0 amide bonds. The molecule has 0 fully saturated rings. The lowest BCUT2D eigenvalue weighted by Gasteiger charge is -2.11. The van der Waals surface area contributed by atoms with Crippen molar-refractivity contribution < 1.29 is 9.50 Å². The lowest BCUT2D eigenvalue weighted by molar-refractivity contribution is 0.187. The van der Waals surface area contributed by atoms with Gasteiger partial charge in [0, 0.05) is 24.5 Å². The van der Waals surface area contributed by atoms with Crippen LogP contribution in [0.3, 0.4) is 0 Å². The van der Waals surface area contributed by atoms with Gasteiger partial charge in [0.15, 0.2) is 0 Å². The highest BCUT2D eigenvalue weighted by Gasteiger charge is 2.09. The number of nitrogens with zero attached hydrogens (tertiary/aromatic N) is 2. The monoisotopic (exact) mass is 311 g/mol. The van der Waals surface area contributed by atoms with Crippen molar-refractivity contribution in [3.63, 3.8) is 0 Å². The molecule has 3 aromatic rings. The zero-order chi connectivity index (χ0) is 16.2. The Morgan fingerprint density at radius 2 is 1.96 bits per heavy atom. The average Bonchev–Trinajstić information content (AvgIpc) is 3.09. The molecule has 0 saturated heterocycles. The van der Waals surface area contributed by atoms with Gasteiger partial charge in [0.25, 0.3) is 0 Å². The van der Waals surface area contributed by atoms with Crippen LogP contribution in [-0.2, 0) is 6.54 Å². The number of aliphatic hydroxyl groups excluding tert-OH is 1. The van der Waals surface area contributed by atoms with E-state index in [0.717, 1.165) is 16.7 Å². The molecule has 0 radical (unpaired) electrons. The molecule has 1 atom stereocenters. The van der Waals surface area contributed by atoms with Crippen LogP contribution >= 0.6 is 0 Å². The molecule has 23 heavy (non-hydrogen) atoms. The first-order chi connectivity index (χ1) is 11.2. The van der Waals surface area contributed by atoms with E-state index < -0.39 is 6.10 Å². The van der Waals surface area contributed by atoms with Crippen LogP contribution in [0.25, 0.3) is 11.1 Å². The van der Waals surface area contributed by atoms with E-state index in [1.165, 1.54) is 6.07 Å². The summed E-state index contributed by atoms with van der Waals surface area (Å²) < 4.78 is 16.0. The molecule has 118 valence electrons. The molecule has 3 N–H and O–H groups in total. The summed E-state index contributed by atoms with van der Waals surface area (Å²) >= 11 is 0. The molecule has 1 heterocycles. The molecular weight excluding hydrogens is 293 g/mol. The topological polar surface area (TPSA) is 64.1 Å². The third kappa shape index (κ3) is 3.47. The number of nitrogens with two attached hydrogens (primary N) is 1. The van der Waals surface area contributed by atoms with Crippen LogP contribution in [0.15, 0.2) is 60.9 Å². The van der Waals surface area contributed by atoms with Gasteiger partial charge in [-0.15, -0.1) is 0 Å². The Hall–Kier alpha value is -2.50. The molecule has 0 unspecified atom stereocenters. The second-order valence-electron chi connectivity index (χ2n) is 5.39. The molecule has 4 nitrogen and oxygen atoms in total. The highest BCUT2D eigenvalue weighted by Crippen LogP contribution is 2.25. The molecule has 3 rings (SSSR count). The van der Waals surface area contributed by atoms with Crippen LogP contribution in [-0.4, -0.2) is 21.4 Å². The van der Waals surface area contributed by atoms with Gasteiger partial charge >= 0.3 is 0 Å². The maximum atomic E-state index is 14.3. The Bertz CT molecular complexity index is 787. The smallest absolute Gasteiger partial charge is 0.128 e. The van der Waals surface area contributed by atoms with Gasteiger partial charge in [-0.2, -0.15) is 5.10 Å². The van der Waals surface area contributed by atoms with Gasteiger partial charge in [-0.1, -0.05) is 30.3 Å². The van der Waals surface area contributed by atoms with Crippen molar-refractivity contribution >= 4 is 0 Å². The van der Waals surface area contributed by atoms with E-state index in [0.29, 0.717) is 12.1 Å². The van der Waals surface area contributed by atoms with Crippen molar-refractivity contribution in [3.8, 4) is 11.1 Å². The molecule has 0 spiro atoms. The molecule has 0 aliphatic rings. The normalized spacial score (nSPS) is 12.3. The minimum atomic E-state index is -0.709. The number of aromatic nitrogens is 2. The first-order valence-corrected chi connectivity index (χ1v) is 7.41. The molecular formula is C18H18FN3O. The quantitative estimate of drug-likeness (QED) is 0.761. The van der Waals surface area contributed by atoms with Crippen LogP contribution in [0.5, 0.6) is 0 Å². The summed E-state index contributed by atoms with van der Waals surface area (Å²) in [7, 11) is 0. The Labute approximate surface area is 134 Å². The Morgan fingerprint density at radius 3 is 2.65 bits per heavy atom. The van der Waals surface area contributed by atoms with Crippen molar-refractivity contribution in [2.45, 2.75) is 12.6 Å². The number of hydrogen-bond donors (Lipinski definition) is 2. The first kappa shape index (κ1) is 15.4. The number of hydrogen-bond acceptors (Lipinski definition) is 3. The molecule has 0 bridgehead atoms. The fourth-order valence-electron chi connectivity index (χ4n) is 2.49. The summed E-state index contributed by atoms with van der Waals surface area (Å²) in [6.07, 6.45) is 2.75. The SMILES string of the molecule is NC[C@@H](O)c1cccc(-c2ccc(Cn3cccn3)c(F)c2)c1. The van der Waals surface area contributed by atoms with E-state index in [1.807, 2.05) is 30.3 Å². The van der Waals surface area contributed by atoms with Crippen molar-refractivity contribution in [1.82, 2.24) is 9.78 Å². The molecule has 2 aromatic carbocycles. The molecule has 1 aromatic heterocycles. The average molecular weight is 311 g/mol. The Morgan fingerprint density at radius 1 is 1.13 bits per heavy atom. The highest BCUT2D eigenvalue weighted by molar-refractivity contribution is 5.64. The van der Waals surface area contributed by atoms with Crippen molar-refractivity contribution in [1.29, 1.82) is 0 Å². The fraction of sp³-hybridized carbons (Fsp3) is 0.167. The predicted molar refractivity (Wildman–Crippen MR) is 87.2 cm³/mol. The van der Waals surface area contributed by atoms with Crippen molar-refractivity contribution in [2.75, 3.05) is 6.54 Å². The maximum Gasteiger partial charge on any atom is 0.128 e. The minimum Gasteiger partial charge on any atom is -0.387 e. The highest BCUT2D eigenvalue weighted by atomic mass is 19.1. The molecule has 0 saturated carbocycles. The fourth-order valence-corrected chi connectivity index (χ4v) is 2.49. The Balaban J connectivity index is 1.88. The third-order valence-corrected chi connectivity index (χ3v) is 3.77. The summed E-state index contributed by atoms with van der Waals surface area (Å²) in [6.45, 7) is 0.547. The summed E-state index contributed by atoms with van der Waals surface area (Å²) in [4.78, 5) is 0. The van der Waals surface area contributed by atoms with Crippen LogP contribution in [0.1, 0.15) is 17.2 Å². The number of rotatable bonds is 5. The second kappa shape index (κ2) is 6.73. The summed E-state index contributed by atoms with van der Waals surface area (Å²) in [5, 5.41) is 13.9. The third-order valence-electron chi connectivity index (χ3n) is 3.77. The van der Waals surface area contributed by atoms with Crippen molar-refractivity contribution in [3.05, 3.63) is 77.9 Å². The van der Waals surface area contributed by atoms with E-state index in [9.17, 15) is 9.50 Å². The summed E-state index contributed by atoms with van der Waals surface area (Å²) in [5.74, 6) is -0.275. The van der Waals surface area contributed by atoms with Crippen LogP contribution < -0.4 is 5.73 Å². The lowest BCUT2D eigenvalue weighted by Crippen LogP contribution is -2.11. The second-order valence-corrected chi connectivity index (χ2v) is 5.39. The first-order valence-electron chi connectivity index (χ1n) is 7.41. The standard InChI is InChI=1S/C18H18FN3O/c19-17-10-14(5-6-16(17)12-22-8-2-7-21-22)13-3-1-4-15(9-13)18(23)11-20/h1-10,18,23H,11-12,20H2/t18-/m1/s1. The maximum absolute atomic E-state index is 14.3. The Kier molecular flexibility index (Phi) is 4.50. The van der Waals surface area contributed by atoms with E-state index in [2.05, 4.69) is 5.10 Å². The van der Waals surface area contributed by atoms with Crippen LogP contribution in [0.2, 0.25) is 0 Å². The number of halogens is 1. The van der Waals surface area contributed by atoms with Crippen molar-refractivity contribution in [2.24, 2.45) is 5.73 Å². The van der Waals surface area contributed by atoms with Crippen LogP contribution in [0.4, 0.5) is 4.39 Å².